The van der Waals surface area contributed by atoms with Crippen LogP contribution in [0.3, 0.4) is 0 Å². The first-order valence-electron chi connectivity index (χ1n) is 3.09. The summed E-state index contributed by atoms with van der Waals surface area (Å²) in [5, 5.41) is 0. The van der Waals surface area contributed by atoms with E-state index in [1.165, 1.54) is 0 Å². The van der Waals surface area contributed by atoms with Crippen molar-refractivity contribution in [3.63, 3.8) is 0 Å². The summed E-state index contributed by atoms with van der Waals surface area (Å²) in [7, 11) is 0. The van der Waals surface area contributed by atoms with Crippen LogP contribution in [0.15, 0.2) is 4.40 Å². The van der Waals surface area contributed by atoms with Gasteiger partial charge in [-0.2, -0.15) is 4.40 Å². The predicted octanol–water partition coefficient (Wildman–Crippen LogP) is 0.380. The average Bonchev–Trinajstić information content (AvgIpc) is 1.88. The molecule has 58 valence electrons. The molecular formula is C5H8NO3S-. The van der Waals surface area contributed by atoms with Gasteiger partial charge in [-0.15, -0.1) is 0 Å². The van der Waals surface area contributed by atoms with Crippen molar-refractivity contribution in [2.24, 2.45) is 4.40 Å². The Bertz CT molecular complexity index is 160. The Morgan fingerprint density at radius 1 is 1.60 bits per heavy atom. The van der Waals surface area contributed by atoms with Crippen LogP contribution >= 0.6 is 0 Å². The zero-order valence-electron chi connectivity index (χ0n) is 5.41. The van der Waals surface area contributed by atoms with E-state index in [1.54, 1.807) is 0 Å². The summed E-state index contributed by atoms with van der Waals surface area (Å²) >= 11 is -2.35. The van der Waals surface area contributed by atoms with E-state index < -0.39 is 11.3 Å². The highest BCUT2D eigenvalue weighted by Gasteiger charge is 2.06. The molecule has 0 bridgehead atoms. The lowest BCUT2D eigenvalue weighted by atomic mass is 10.2. The maximum atomic E-state index is 10.0. The minimum Gasteiger partial charge on any atom is -0.754 e. The lowest BCUT2D eigenvalue weighted by Gasteiger charge is -2.14. The summed E-state index contributed by atoms with van der Waals surface area (Å²) in [5.74, 6) is 0.347. The van der Waals surface area contributed by atoms with E-state index in [4.69, 9.17) is 4.74 Å². The summed E-state index contributed by atoms with van der Waals surface area (Å²) < 4.78 is 28.2. The van der Waals surface area contributed by atoms with Gasteiger partial charge in [-0.3, -0.25) is 4.21 Å². The molecule has 0 N–H and O–H groups in total. The monoisotopic (exact) mass is 162 g/mol. The van der Waals surface area contributed by atoms with Crippen LogP contribution in [0.5, 0.6) is 0 Å². The molecule has 0 aromatic heterocycles. The van der Waals surface area contributed by atoms with E-state index in [0.29, 0.717) is 18.9 Å². The normalized spacial score (nSPS) is 25.9. The van der Waals surface area contributed by atoms with Gasteiger partial charge < -0.3 is 9.29 Å². The van der Waals surface area contributed by atoms with Crippen LogP contribution in [-0.4, -0.2) is 21.3 Å². The zero-order valence-corrected chi connectivity index (χ0v) is 6.23. The van der Waals surface area contributed by atoms with Crippen LogP contribution in [0, 0.1) is 0 Å². The molecule has 1 aliphatic heterocycles. The molecule has 0 spiro atoms. The molecule has 1 fully saturated rings. The van der Waals surface area contributed by atoms with Crippen molar-refractivity contribution < 1.29 is 13.5 Å². The molecule has 0 saturated carbocycles. The molecule has 1 aliphatic rings. The van der Waals surface area contributed by atoms with Gasteiger partial charge in [0.1, 0.15) is 0 Å². The Morgan fingerprint density at radius 2 is 2.40 bits per heavy atom. The molecule has 0 aliphatic carbocycles. The zero-order chi connectivity index (χ0) is 7.40. The van der Waals surface area contributed by atoms with Crippen LogP contribution in [0.25, 0.3) is 0 Å². The fourth-order valence-electron chi connectivity index (χ4n) is 0.796. The molecule has 5 heteroatoms. The van der Waals surface area contributed by atoms with Gasteiger partial charge in [-0.05, 0) is 12.8 Å². The third-order valence-electron chi connectivity index (χ3n) is 1.23. The largest absolute Gasteiger partial charge is 0.754 e. The van der Waals surface area contributed by atoms with E-state index in [1.807, 2.05) is 0 Å². The van der Waals surface area contributed by atoms with Gasteiger partial charge in [0.15, 0.2) is 5.90 Å². The fraction of sp³-hybridized carbons (Fsp3) is 0.800. The summed E-state index contributed by atoms with van der Waals surface area (Å²) in [6.45, 7) is 0.593. The van der Waals surface area contributed by atoms with Gasteiger partial charge in [-0.25, -0.2) is 0 Å². The van der Waals surface area contributed by atoms with Crippen LogP contribution in [0.2, 0.25) is 0 Å². The number of hydrogen-bond acceptors (Lipinski definition) is 3. The highest BCUT2D eigenvalue weighted by molar-refractivity contribution is 7.77. The molecule has 0 aromatic carbocycles. The van der Waals surface area contributed by atoms with Crippen LogP contribution < -0.4 is 0 Å². The third kappa shape index (κ3) is 2.45. The molecule has 0 amide bonds. The van der Waals surface area contributed by atoms with Crippen molar-refractivity contribution >= 4 is 17.2 Å². The Balaban J connectivity index is 2.45. The molecule has 0 aromatic rings. The Kier molecular flexibility index (Phi) is 2.82. The first-order valence-corrected chi connectivity index (χ1v) is 4.12. The molecule has 10 heavy (non-hydrogen) atoms. The Morgan fingerprint density at radius 3 is 2.90 bits per heavy atom. The second-order valence-electron chi connectivity index (χ2n) is 2.01. The number of nitrogens with zero attached hydrogens (tertiary/aromatic N) is 1. The average molecular weight is 162 g/mol. The second-order valence-corrected chi connectivity index (χ2v) is 2.62. The molecule has 1 atom stereocenters. The molecule has 1 saturated heterocycles. The first kappa shape index (κ1) is 7.68. The van der Waals surface area contributed by atoms with Crippen molar-refractivity contribution in [3.8, 4) is 0 Å². The third-order valence-corrected chi connectivity index (χ3v) is 1.58. The lowest BCUT2D eigenvalue weighted by molar-refractivity contribution is 0.261. The summed E-state index contributed by atoms with van der Waals surface area (Å²) in [4.78, 5) is 0. The molecule has 1 rings (SSSR count). The van der Waals surface area contributed by atoms with E-state index >= 15 is 0 Å². The Hall–Kier alpha value is -0.420. The summed E-state index contributed by atoms with van der Waals surface area (Å²) in [6, 6.07) is 0. The number of rotatable bonds is 1. The standard InChI is InChI=1S/C5H9NO3S/c7-10(8)6-5-3-1-2-4-9-5/h1-4H2,(H,7,8)/p-1. The van der Waals surface area contributed by atoms with Gasteiger partial charge in [0.2, 0.25) is 0 Å². The molecule has 1 heterocycles. The number of ether oxygens (including phenoxy) is 1. The summed E-state index contributed by atoms with van der Waals surface area (Å²) in [6.07, 6.45) is 2.61. The minimum absolute atomic E-state index is 0.347. The van der Waals surface area contributed by atoms with Crippen molar-refractivity contribution in [2.45, 2.75) is 19.3 Å². The van der Waals surface area contributed by atoms with E-state index in [-0.39, 0.29) is 0 Å². The van der Waals surface area contributed by atoms with Gasteiger partial charge >= 0.3 is 0 Å². The smallest absolute Gasteiger partial charge is 0.196 e. The molecule has 0 radical (unpaired) electrons. The Labute approximate surface area is 61.7 Å². The molecule has 4 nitrogen and oxygen atoms in total. The first-order chi connectivity index (χ1) is 4.79. The van der Waals surface area contributed by atoms with Crippen molar-refractivity contribution in [1.29, 1.82) is 0 Å². The van der Waals surface area contributed by atoms with Gasteiger partial charge in [0.25, 0.3) is 0 Å². The van der Waals surface area contributed by atoms with Crippen molar-refractivity contribution in [3.05, 3.63) is 0 Å². The van der Waals surface area contributed by atoms with Crippen LogP contribution in [0.1, 0.15) is 19.3 Å². The van der Waals surface area contributed by atoms with Crippen LogP contribution in [-0.2, 0) is 16.0 Å². The van der Waals surface area contributed by atoms with E-state index in [2.05, 4.69) is 4.40 Å². The SMILES string of the molecule is O=S([O-])N=C1CCCCO1. The predicted molar refractivity (Wildman–Crippen MR) is 36.2 cm³/mol. The van der Waals surface area contributed by atoms with Crippen molar-refractivity contribution in [2.75, 3.05) is 6.61 Å². The second kappa shape index (κ2) is 3.68. The minimum atomic E-state index is -2.35. The van der Waals surface area contributed by atoms with Crippen LogP contribution in [0.4, 0.5) is 0 Å². The quantitative estimate of drug-likeness (QED) is 0.523. The van der Waals surface area contributed by atoms with Gasteiger partial charge in [0.05, 0.1) is 17.9 Å². The van der Waals surface area contributed by atoms with E-state index in [0.717, 1.165) is 12.8 Å². The highest BCUT2D eigenvalue weighted by atomic mass is 32.2. The molecular weight excluding hydrogens is 154 g/mol. The number of hydrogen-bond donors (Lipinski definition) is 0. The molecule has 1 unspecified atom stereocenters. The topological polar surface area (TPSA) is 61.7 Å². The van der Waals surface area contributed by atoms with Gasteiger partial charge in [0, 0.05) is 6.42 Å². The van der Waals surface area contributed by atoms with E-state index in [9.17, 15) is 8.76 Å². The fourth-order valence-corrected chi connectivity index (χ4v) is 1.11. The summed E-state index contributed by atoms with van der Waals surface area (Å²) in [5.41, 5.74) is 0. The van der Waals surface area contributed by atoms with Crippen molar-refractivity contribution in [1.82, 2.24) is 0 Å². The maximum Gasteiger partial charge on any atom is 0.196 e. The lowest BCUT2D eigenvalue weighted by Crippen LogP contribution is -2.13. The van der Waals surface area contributed by atoms with Gasteiger partial charge in [-0.1, -0.05) is 0 Å². The highest BCUT2D eigenvalue weighted by Crippen LogP contribution is 2.07. The maximum absolute atomic E-state index is 10.0.